The summed E-state index contributed by atoms with van der Waals surface area (Å²) in [5.41, 5.74) is 0. The van der Waals surface area contributed by atoms with E-state index in [0.29, 0.717) is 0 Å². The van der Waals surface area contributed by atoms with Crippen LogP contribution in [0.3, 0.4) is 0 Å². The number of nitrogens with one attached hydrogen (secondary N) is 2. The summed E-state index contributed by atoms with van der Waals surface area (Å²) < 4.78 is 0. The van der Waals surface area contributed by atoms with Gasteiger partial charge in [0.15, 0.2) is 5.96 Å². The van der Waals surface area contributed by atoms with Gasteiger partial charge in [0.25, 0.3) is 0 Å². The molecule has 0 amide bonds. The second-order valence-electron chi connectivity index (χ2n) is 6.16. The fraction of sp³-hybridized carbons (Fsp3) is 0.929. The van der Waals surface area contributed by atoms with Crippen LogP contribution in [-0.4, -0.2) is 50.1 Å². The molecule has 1 atom stereocenters. The highest BCUT2D eigenvalue weighted by atomic mass is 15.2. The van der Waals surface area contributed by atoms with Crippen molar-refractivity contribution in [2.75, 3.05) is 33.2 Å². The zero-order valence-corrected chi connectivity index (χ0v) is 11.5. The van der Waals surface area contributed by atoms with E-state index in [1.807, 2.05) is 7.05 Å². The first-order valence-corrected chi connectivity index (χ1v) is 7.53. The Hall–Kier alpha value is -0.770. The summed E-state index contributed by atoms with van der Waals surface area (Å²) in [5.74, 6) is 2.71. The monoisotopic (exact) mass is 250 g/mol. The van der Waals surface area contributed by atoms with Crippen molar-refractivity contribution in [2.24, 2.45) is 16.8 Å². The fourth-order valence-electron chi connectivity index (χ4n) is 2.83. The van der Waals surface area contributed by atoms with Crippen LogP contribution in [0, 0.1) is 11.8 Å². The number of rotatable bonds is 5. The molecular weight excluding hydrogens is 224 g/mol. The number of likely N-dealkylation sites (tertiary alicyclic amines) is 1. The zero-order valence-electron chi connectivity index (χ0n) is 11.5. The third-order valence-corrected chi connectivity index (χ3v) is 4.42. The van der Waals surface area contributed by atoms with Gasteiger partial charge < -0.3 is 15.5 Å². The van der Waals surface area contributed by atoms with E-state index in [9.17, 15) is 0 Å². The van der Waals surface area contributed by atoms with Crippen LogP contribution < -0.4 is 10.6 Å². The highest BCUT2D eigenvalue weighted by Crippen LogP contribution is 2.31. The Labute approximate surface area is 110 Å². The van der Waals surface area contributed by atoms with Gasteiger partial charge in [-0.25, -0.2) is 0 Å². The lowest BCUT2D eigenvalue weighted by molar-refractivity contribution is 0.314. The summed E-state index contributed by atoms with van der Waals surface area (Å²) in [5, 5.41) is 6.91. The van der Waals surface area contributed by atoms with E-state index in [1.165, 1.54) is 45.2 Å². The quantitative estimate of drug-likeness (QED) is 0.566. The minimum absolute atomic E-state index is 0.810. The molecule has 1 saturated heterocycles. The smallest absolute Gasteiger partial charge is 0.190 e. The second kappa shape index (κ2) is 5.47. The van der Waals surface area contributed by atoms with E-state index in [0.717, 1.165) is 36.9 Å². The Kier molecular flexibility index (Phi) is 3.73. The fourth-order valence-corrected chi connectivity index (χ4v) is 2.83. The van der Waals surface area contributed by atoms with Crippen molar-refractivity contribution in [3.05, 3.63) is 0 Å². The number of hydrogen-bond donors (Lipinski definition) is 2. The molecule has 1 aliphatic heterocycles. The number of nitrogens with zero attached hydrogens (tertiary/aromatic N) is 2. The van der Waals surface area contributed by atoms with Gasteiger partial charge in [0, 0.05) is 32.7 Å². The lowest BCUT2D eigenvalue weighted by atomic mass is 10.1. The number of guanidine groups is 1. The minimum Gasteiger partial charge on any atom is -0.356 e. The third-order valence-electron chi connectivity index (χ3n) is 4.42. The Bertz CT molecular complexity index is 307. The Balaban J connectivity index is 1.34. The van der Waals surface area contributed by atoms with Gasteiger partial charge in [-0.05, 0) is 50.5 Å². The SMILES string of the molecule is CN=C(NCC1CC1)NCC1CCN(C2CC2)C1. The lowest BCUT2D eigenvalue weighted by Crippen LogP contribution is -2.41. The molecule has 2 saturated carbocycles. The zero-order chi connectivity index (χ0) is 12.4. The first-order chi connectivity index (χ1) is 8.85. The van der Waals surface area contributed by atoms with Crippen LogP contribution in [0.1, 0.15) is 32.1 Å². The molecule has 3 aliphatic rings. The summed E-state index contributed by atoms with van der Waals surface area (Å²) >= 11 is 0. The highest BCUT2D eigenvalue weighted by Gasteiger charge is 2.34. The molecule has 1 heterocycles. The van der Waals surface area contributed by atoms with E-state index in [4.69, 9.17) is 0 Å². The van der Waals surface area contributed by atoms with Gasteiger partial charge in [0.05, 0.1) is 0 Å². The largest absolute Gasteiger partial charge is 0.356 e. The molecule has 4 heteroatoms. The molecule has 18 heavy (non-hydrogen) atoms. The topological polar surface area (TPSA) is 39.7 Å². The molecule has 0 aromatic heterocycles. The summed E-state index contributed by atoms with van der Waals surface area (Å²) in [6.07, 6.45) is 7.00. The molecule has 0 aromatic rings. The molecule has 0 aromatic carbocycles. The van der Waals surface area contributed by atoms with Gasteiger partial charge in [0.1, 0.15) is 0 Å². The van der Waals surface area contributed by atoms with Gasteiger partial charge in [0.2, 0.25) is 0 Å². The van der Waals surface area contributed by atoms with E-state index in [1.54, 1.807) is 0 Å². The normalized spacial score (nSPS) is 29.6. The maximum atomic E-state index is 4.30. The number of aliphatic imine (C=N–C) groups is 1. The average Bonchev–Trinajstić information content (AvgIpc) is 3.30. The van der Waals surface area contributed by atoms with Crippen LogP contribution in [0.15, 0.2) is 4.99 Å². The average molecular weight is 250 g/mol. The lowest BCUT2D eigenvalue weighted by Gasteiger charge is -2.17. The summed E-state index contributed by atoms with van der Waals surface area (Å²) in [7, 11) is 1.87. The first kappa shape index (κ1) is 12.3. The summed E-state index contributed by atoms with van der Waals surface area (Å²) in [6.45, 7) is 4.77. The van der Waals surface area contributed by atoms with Crippen LogP contribution in [0.25, 0.3) is 0 Å². The predicted octanol–water partition coefficient (Wildman–Crippen LogP) is 1.05. The maximum absolute atomic E-state index is 4.30. The standard InChI is InChI=1S/C14H26N4/c1-15-14(16-8-11-2-3-11)17-9-12-6-7-18(10-12)13-4-5-13/h11-13H,2-10H2,1H3,(H2,15,16,17). The van der Waals surface area contributed by atoms with Gasteiger partial charge in [-0.2, -0.15) is 0 Å². The van der Waals surface area contributed by atoms with Gasteiger partial charge in [-0.3, -0.25) is 4.99 Å². The molecule has 0 spiro atoms. The van der Waals surface area contributed by atoms with Crippen molar-refractivity contribution in [1.29, 1.82) is 0 Å². The van der Waals surface area contributed by atoms with Crippen molar-refractivity contribution < 1.29 is 0 Å². The van der Waals surface area contributed by atoms with Gasteiger partial charge in [-0.1, -0.05) is 0 Å². The minimum atomic E-state index is 0.810. The van der Waals surface area contributed by atoms with Crippen LogP contribution in [0.5, 0.6) is 0 Å². The molecule has 2 N–H and O–H groups in total. The van der Waals surface area contributed by atoms with Crippen LogP contribution in [0.2, 0.25) is 0 Å². The van der Waals surface area contributed by atoms with Crippen LogP contribution in [0.4, 0.5) is 0 Å². The molecule has 0 radical (unpaired) electrons. The molecule has 4 nitrogen and oxygen atoms in total. The Morgan fingerprint density at radius 1 is 1.06 bits per heavy atom. The molecule has 0 bridgehead atoms. The van der Waals surface area contributed by atoms with E-state index in [2.05, 4.69) is 20.5 Å². The van der Waals surface area contributed by atoms with Crippen molar-refractivity contribution >= 4 is 5.96 Å². The highest BCUT2D eigenvalue weighted by molar-refractivity contribution is 5.79. The van der Waals surface area contributed by atoms with Crippen molar-refractivity contribution in [3.8, 4) is 0 Å². The molecule has 3 rings (SSSR count). The molecule has 102 valence electrons. The van der Waals surface area contributed by atoms with E-state index >= 15 is 0 Å². The van der Waals surface area contributed by atoms with E-state index < -0.39 is 0 Å². The summed E-state index contributed by atoms with van der Waals surface area (Å²) in [6, 6.07) is 0.933. The van der Waals surface area contributed by atoms with Crippen LogP contribution in [-0.2, 0) is 0 Å². The van der Waals surface area contributed by atoms with Gasteiger partial charge in [-0.15, -0.1) is 0 Å². The Morgan fingerprint density at radius 2 is 1.78 bits per heavy atom. The van der Waals surface area contributed by atoms with Crippen LogP contribution >= 0.6 is 0 Å². The van der Waals surface area contributed by atoms with Crippen molar-refractivity contribution in [1.82, 2.24) is 15.5 Å². The van der Waals surface area contributed by atoms with Crippen molar-refractivity contribution in [3.63, 3.8) is 0 Å². The maximum Gasteiger partial charge on any atom is 0.190 e. The van der Waals surface area contributed by atoms with Crippen molar-refractivity contribution in [2.45, 2.75) is 38.1 Å². The summed E-state index contributed by atoms with van der Waals surface area (Å²) in [4.78, 5) is 6.97. The van der Waals surface area contributed by atoms with Gasteiger partial charge >= 0.3 is 0 Å². The molecule has 1 unspecified atom stereocenters. The predicted molar refractivity (Wildman–Crippen MR) is 74.8 cm³/mol. The molecular formula is C14H26N4. The van der Waals surface area contributed by atoms with E-state index in [-0.39, 0.29) is 0 Å². The number of hydrogen-bond acceptors (Lipinski definition) is 2. The Morgan fingerprint density at radius 3 is 2.39 bits per heavy atom. The first-order valence-electron chi connectivity index (χ1n) is 7.53. The third kappa shape index (κ3) is 3.37. The molecule has 3 fully saturated rings. The second-order valence-corrected chi connectivity index (χ2v) is 6.16. The molecule has 2 aliphatic carbocycles.